The van der Waals surface area contributed by atoms with Crippen molar-refractivity contribution in [2.75, 3.05) is 14.1 Å². The average Bonchev–Trinajstić information content (AvgIpc) is 2.56. The molecule has 0 spiro atoms. The molecule has 0 saturated carbocycles. The Labute approximate surface area is 113 Å². The first kappa shape index (κ1) is 14.0. The molecule has 92 valence electrons. The van der Waals surface area contributed by atoms with E-state index in [0.29, 0.717) is 0 Å². The van der Waals surface area contributed by atoms with E-state index in [1.54, 1.807) is 0 Å². The molecular formula is C13H17ClN2S. The molecule has 2 nitrogen and oxygen atoms in total. The predicted molar refractivity (Wildman–Crippen MR) is 70.3 cm³/mol. The van der Waals surface area contributed by atoms with Crippen LogP contribution in [0, 0.1) is 0 Å². The van der Waals surface area contributed by atoms with Gasteiger partial charge in [-0.25, -0.2) is 0 Å². The quantitative estimate of drug-likeness (QED) is 0.676. The lowest BCUT2D eigenvalue weighted by atomic mass is 10.3. The molecule has 0 aliphatic carbocycles. The van der Waals surface area contributed by atoms with Crippen molar-refractivity contribution in [2.24, 2.45) is 7.05 Å². The molecule has 0 radical (unpaired) electrons. The van der Waals surface area contributed by atoms with Gasteiger partial charge in [-0.1, -0.05) is 23.5 Å². The molecule has 0 bridgehead atoms. The molecule has 0 aliphatic rings. The SMILES string of the molecule is CC(=CN(C)C)c1sc2ccccc2[n+]1C.[Cl-]. The van der Waals surface area contributed by atoms with Crippen LogP contribution in [0.5, 0.6) is 0 Å². The van der Waals surface area contributed by atoms with Crippen molar-refractivity contribution < 1.29 is 17.0 Å². The van der Waals surface area contributed by atoms with E-state index in [1.807, 2.05) is 11.3 Å². The third-order valence-corrected chi connectivity index (χ3v) is 3.88. The van der Waals surface area contributed by atoms with Crippen molar-refractivity contribution in [3.63, 3.8) is 0 Å². The van der Waals surface area contributed by atoms with E-state index >= 15 is 0 Å². The van der Waals surface area contributed by atoms with Crippen LogP contribution in [0.4, 0.5) is 0 Å². The number of aryl methyl sites for hydroxylation is 1. The van der Waals surface area contributed by atoms with Gasteiger partial charge in [0, 0.05) is 31.9 Å². The summed E-state index contributed by atoms with van der Waals surface area (Å²) in [6.07, 6.45) is 2.16. The number of rotatable bonds is 2. The maximum atomic E-state index is 2.26. The van der Waals surface area contributed by atoms with Crippen molar-refractivity contribution in [3.05, 3.63) is 35.5 Å². The number of aromatic nitrogens is 1. The Balaban J connectivity index is 0.00000144. The minimum Gasteiger partial charge on any atom is -1.00 e. The van der Waals surface area contributed by atoms with Gasteiger partial charge in [-0.2, -0.15) is 4.57 Å². The van der Waals surface area contributed by atoms with Gasteiger partial charge in [-0.15, -0.1) is 0 Å². The topological polar surface area (TPSA) is 7.12 Å². The maximum Gasteiger partial charge on any atom is 0.266 e. The Bertz CT molecular complexity index is 543. The van der Waals surface area contributed by atoms with Crippen LogP contribution in [-0.4, -0.2) is 19.0 Å². The molecule has 1 aromatic carbocycles. The van der Waals surface area contributed by atoms with Gasteiger partial charge < -0.3 is 17.3 Å². The maximum absolute atomic E-state index is 2.26. The van der Waals surface area contributed by atoms with E-state index < -0.39 is 0 Å². The number of para-hydroxylation sites is 1. The zero-order valence-electron chi connectivity index (χ0n) is 10.6. The molecule has 17 heavy (non-hydrogen) atoms. The van der Waals surface area contributed by atoms with E-state index in [9.17, 15) is 0 Å². The first-order chi connectivity index (χ1) is 7.59. The number of hydrogen-bond acceptors (Lipinski definition) is 2. The standard InChI is InChI=1S/C13H17N2S.ClH/c1-10(9-14(2)3)13-15(4)11-7-5-6-8-12(11)16-13;/h5-9H,1-4H3;1H/q+1;/p-1. The second-order valence-electron chi connectivity index (χ2n) is 4.21. The Hall–Kier alpha value is -1.06. The smallest absolute Gasteiger partial charge is 0.266 e. The minimum absolute atomic E-state index is 0. The highest BCUT2D eigenvalue weighted by molar-refractivity contribution is 7.19. The molecule has 0 fully saturated rings. The molecule has 4 heteroatoms. The summed E-state index contributed by atoms with van der Waals surface area (Å²) in [6, 6.07) is 8.52. The van der Waals surface area contributed by atoms with E-state index in [4.69, 9.17) is 0 Å². The number of hydrogen-bond donors (Lipinski definition) is 0. The van der Waals surface area contributed by atoms with Crippen LogP contribution in [0.25, 0.3) is 15.8 Å². The lowest BCUT2D eigenvalue weighted by molar-refractivity contribution is -0.642. The van der Waals surface area contributed by atoms with Crippen LogP contribution in [-0.2, 0) is 7.05 Å². The monoisotopic (exact) mass is 268 g/mol. The largest absolute Gasteiger partial charge is 1.00 e. The number of fused-ring (bicyclic) bond motifs is 1. The van der Waals surface area contributed by atoms with E-state index in [1.165, 1.54) is 20.8 Å². The van der Waals surface area contributed by atoms with Gasteiger partial charge in [-0.05, 0) is 13.0 Å². The summed E-state index contributed by atoms with van der Waals surface area (Å²) in [5.74, 6) is 0. The van der Waals surface area contributed by atoms with Crippen LogP contribution >= 0.6 is 11.3 Å². The second-order valence-corrected chi connectivity index (χ2v) is 5.24. The molecule has 2 aromatic rings. The molecular weight excluding hydrogens is 252 g/mol. The Morgan fingerprint density at radius 1 is 1.29 bits per heavy atom. The summed E-state index contributed by atoms with van der Waals surface area (Å²) in [4.78, 5) is 2.08. The van der Waals surface area contributed by atoms with E-state index in [0.717, 1.165) is 0 Å². The fraction of sp³-hybridized carbons (Fsp3) is 0.308. The molecule has 0 unspecified atom stereocenters. The predicted octanol–water partition coefficient (Wildman–Crippen LogP) is -0.348. The third kappa shape index (κ3) is 2.79. The van der Waals surface area contributed by atoms with Crippen LogP contribution in [0.15, 0.2) is 30.5 Å². The molecule has 0 amide bonds. The molecule has 2 rings (SSSR count). The van der Waals surface area contributed by atoms with Gasteiger partial charge in [0.1, 0.15) is 11.7 Å². The van der Waals surface area contributed by atoms with E-state index in [2.05, 4.69) is 68.0 Å². The summed E-state index contributed by atoms with van der Waals surface area (Å²) in [5.41, 5.74) is 2.60. The lowest BCUT2D eigenvalue weighted by Crippen LogP contribution is -3.00. The van der Waals surface area contributed by atoms with Crippen molar-refractivity contribution >= 4 is 27.1 Å². The zero-order valence-corrected chi connectivity index (χ0v) is 12.1. The normalized spacial score (nSPS) is 11.4. The summed E-state index contributed by atoms with van der Waals surface area (Å²) in [6.45, 7) is 2.16. The molecule has 1 heterocycles. The minimum atomic E-state index is 0. The molecule has 1 aromatic heterocycles. The van der Waals surface area contributed by atoms with E-state index in [-0.39, 0.29) is 12.4 Å². The first-order valence-corrected chi connectivity index (χ1v) is 6.14. The third-order valence-electron chi connectivity index (χ3n) is 2.53. The van der Waals surface area contributed by atoms with Gasteiger partial charge in [0.2, 0.25) is 5.52 Å². The zero-order chi connectivity index (χ0) is 11.7. The number of benzene rings is 1. The number of nitrogens with zero attached hydrogens (tertiary/aromatic N) is 2. The Morgan fingerprint density at radius 2 is 1.94 bits per heavy atom. The first-order valence-electron chi connectivity index (χ1n) is 5.32. The van der Waals surface area contributed by atoms with Crippen LogP contribution in [0.1, 0.15) is 11.9 Å². The van der Waals surface area contributed by atoms with Crippen LogP contribution in [0.2, 0.25) is 0 Å². The average molecular weight is 269 g/mol. The van der Waals surface area contributed by atoms with Crippen molar-refractivity contribution in [3.8, 4) is 0 Å². The van der Waals surface area contributed by atoms with Crippen molar-refractivity contribution in [2.45, 2.75) is 6.92 Å². The van der Waals surface area contributed by atoms with Crippen molar-refractivity contribution in [1.29, 1.82) is 0 Å². The van der Waals surface area contributed by atoms with Gasteiger partial charge in [0.15, 0.2) is 0 Å². The Morgan fingerprint density at radius 3 is 2.53 bits per heavy atom. The molecule has 0 saturated heterocycles. The number of thiazole rings is 1. The highest BCUT2D eigenvalue weighted by Crippen LogP contribution is 2.24. The lowest BCUT2D eigenvalue weighted by Gasteiger charge is -2.04. The summed E-state index contributed by atoms with van der Waals surface area (Å²) in [7, 11) is 6.23. The highest BCUT2D eigenvalue weighted by Gasteiger charge is 2.17. The van der Waals surface area contributed by atoms with Crippen LogP contribution < -0.4 is 17.0 Å². The number of allylic oxidation sites excluding steroid dienone is 1. The molecule has 0 aliphatic heterocycles. The summed E-state index contributed by atoms with van der Waals surface area (Å²) < 4.78 is 3.60. The second kappa shape index (κ2) is 5.52. The Kier molecular flexibility index (Phi) is 4.54. The summed E-state index contributed by atoms with van der Waals surface area (Å²) in [5, 5.41) is 1.31. The fourth-order valence-corrected chi connectivity index (χ4v) is 3.00. The molecule has 0 atom stereocenters. The van der Waals surface area contributed by atoms with Crippen LogP contribution in [0.3, 0.4) is 0 Å². The van der Waals surface area contributed by atoms with Gasteiger partial charge in [0.25, 0.3) is 5.01 Å². The van der Waals surface area contributed by atoms with Crippen molar-refractivity contribution in [1.82, 2.24) is 4.90 Å². The highest BCUT2D eigenvalue weighted by atomic mass is 35.5. The van der Waals surface area contributed by atoms with Gasteiger partial charge in [0.05, 0.1) is 0 Å². The summed E-state index contributed by atoms with van der Waals surface area (Å²) >= 11 is 1.84. The van der Waals surface area contributed by atoms with Gasteiger partial charge in [-0.3, -0.25) is 0 Å². The number of halogens is 1. The fourth-order valence-electron chi connectivity index (χ4n) is 1.89. The van der Waals surface area contributed by atoms with Gasteiger partial charge >= 0.3 is 0 Å². The molecule has 0 N–H and O–H groups in total.